The van der Waals surface area contributed by atoms with Crippen LogP contribution < -0.4 is 0 Å². The maximum absolute atomic E-state index is 10.5. The highest BCUT2D eigenvalue weighted by atomic mass is 16.2. The fourth-order valence-electron chi connectivity index (χ4n) is 0.351. The molecule has 0 spiro atoms. The molecule has 2 heteroatoms. The summed E-state index contributed by atoms with van der Waals surface area (Å²) in [7, 11) is 0. The Bertz CT molecular complexity index is 114. The molecule has 0 aromatic heterocycles. The van der Waals surface area contributed by atoms with Crippen molar-refractivity contribution in [2.75, 3.05) is 0 Å². The van der Waals surface area contributed by atoms with E-state index < -0.39 is 0 Å². The van der Waals surface area contributed by atoms with Crippen molar-refractivity contribution in [2.45, 2.75) is 20.3 Å². The minimum absolute atomic E-state index is 0.00694. The minimum Gasteiger partial charge on any atom is -0.515 e. The zero-order valence-corrected chi connectivity index (χ0v) is 5.14. The highest BCUT2D eigenvalue weighted by Gasteiger charge is 1.97. The van der Waals surface area contributed by atoms with Crippen LogP contribution in [0.1, 0.15) is 20.3 Å². The summed E-state index contributed by atoms with van der Waals surface area (Å²) in [4.78, 5) is 10.5. The van der Waals surface area contributed by atoms with Gasteiger partial charge in [-0.3, -0.25) is 4.79 Å². The molecule has 0 aromatic carbocycles. The first-order valence-corrected chi connectivity index (χ1v) is 2.56. The lowest BCUT2D eigenvalue weighted by Gasteiger charge is -1.90. The van der Waals surface area contributed by atoms with Gasteiger partial charge in [0, 0.05) is 12.0 Å². The Hall–Kier alpha value is -0.790. The number of hydrogen-bond donors (Lipinski definition) is 1. The zero-order valence-electron chi connectivity index (χ0n) is 5.14. The fraction of sp³-hybridized carbons (Fsp3) is 0.500. The highest BCUT2D eigenvalue weighted by Crippen LogP contribution is 1.94. The van der Waals surface area contributed by atoms with Crippen LogP contribution in [0.3, 0.4) is 0 Å². The highest BCUT2D eigenvalue weighted by molar-refractivity contribution is 5.94. The Morgan fingerprint density at radius 3 is 2.38 bits per heavy atom. The number of ketones is 1. The van der Waals surface area contributed by atoms with E-state index in [0.29, 0.717) is 12.0 Å². The summed E-state index contributed by atoms with van der Waals surface area (Å²) in [5.41, 5.74) is 0.424. The van der Waals surface area contributed by atoms with Gasteiger partial charge in [-0.1, -0.05) is 6.92 Å². The van der Waals surface area contributed by atoms with Crippen molar-refractivity contribution in [3.05, 3.63) is 11.8 Å². The lowest BCUT2D eigenvalue weighted by molar-refractivity contribution is -0.115. The smallest absolute Gasteiger partial charge is 0.161 e. The van der Waals surface area contributed by atoms with Crippen LogP contribution in [-0.4, -0.2) is 10.9 Å². The molecule has 0 unspecified atom stereocenters. The molecule has 0 aliphatic heterocycles. The maximum atomic E-state index is 10.5. The van der Waals surface area contributed by atoms with Crippen molar-refractivity contribution in [1.82, 2.24) is 0 Å². The van der Waals surface area contributed by atoms with Gasteiger partial charge >= 0.3 is 0 Å². The molecule has 0 saturated heterocycles. The molecular weight excluding hydrogens is 104 g/mol. The van der Waals surface area contributed by atoms with Gasteiger partial charge < -0.3 is 5.11 Å². The molecule has 0 radical (unpaired) electrons. The second-order valence-electron chi connectivity index (χ2n) is 1.59. The van der Waals surface area contributed by atoms with E-state index in [0.717, 1.165) is 6.26 Å². The second kappa shape index (κ2) is 3.24. The van der Waals surface area contributed by atoms with Crippen LogP contribution in [0.4, 0.5) is 0 Å². The van der Waals surface area contributed by atoms with Crippen LogP contribution in [0.2, 0.25) is 0 Å². The Balaban J connectivity index is 3.83. The van der Waals surface area contributed by atoms with Gasteiger partial charge in [0.15, 0.2) is 5.78 Å². The van der Waals surface area contributed by atoms with E-state index in [1.165, 1.54) is 0 Å². The van der Waals surface area contributed by atoms with Gasteiger partial charge in [0.05, 0.1) is 6.26 Å². The maximum Gasteiger partial charge on any atom is 0.161 e. The molecule has 0 fully saturated rings. The quantitative estimate of drug-likeness (QED) is 0.435. The van der Waals surface area contributed by atoms with E-state index in [1.54, 1.807) is 13.8 Å². The van der Waals surface area contributed by atoms with Gasteiger partial charge in [0.25, 0.3) is 0 Å². The molecule has 0 rings (SSSR count). The summed E-state index contributed by atoms with van der Waals surface area (Å²) >= 11 is 0. The topological polar surface area (TPSA) is 37.3 Å². The molecule has 0 aliphatic carbocycles. The van der Waals surface area contributed by atoms with Gasteiger partial charge in [-0.05, 0) is 6.92 Å². The van der Waals surface area contributed by atoms with Crippen molar-refractivity contribution in [2.24, 2.45) is 0 Å². The average molecular weight is 114 g/mol. The summed E-state index contributed by atoms with van der Waals surface area (Å²) < 4.78 is 0. The molecule has 46 valence electrons. The number of rotatable bonds is 2. The SMILES string of the molecule is CCC(=O)C(C)=CO. The Morgan fingerprint density at radius 2 is 2.25 bits per heavy atom. The van der Waals surface area contributed by atoms with Gasteiger partial charge in [-0.15, -0.1) is 0 Å². The normalized spacial score (nSPS) is 11.5. The number of aliphatic hydroxyl groups excluding tert-OH is 1. The first kappa shape index (κ1) is 7.21. The van der Waals surface area contributed by atoms with Gasteiger partial charge in [0.1, 0.15) is 0 Å². The number of hydrogen-bond acceptors (Lipinski definition) is 2. The van der Waals surface area contributed by atoms with Crippen molar-refractivity contribution in [3.63, 3.8) is 0 Å². The van der Waals surface area contributed by atoms with E-state index in [1.807, 2.05) is 0 Å². The molecule has 0 aromatic rings. The van der Waals surface area contributed by atoms with Crippen LogP contribution in [-0.2, 0) is 4.79 Å². The average Bonchev–Trinajstić information content (AvgIpc) is 1.84. The van der Waals surface area contributed by atoms with Crippen LogP contribution in [0.15, 0.2) is 11.8 Å². The van der Waals surface area contributed by atoms with Gasteiger partial charge in [0.2, 0.25) is 0 Å². The molecule has 0 saturated carbocycles. The van der Waals surface area contributed by atoms with Crippen LogP contribution in [0.25, 0.3) is 0 Å². The molecule has 1 N–H and O–H groups in total. The van der Waals surface area contributed by atoms with E-state index in [2.05, 4.69) is 0 Å². The third kappa shape index (κ3) is 1.78. The Morgan fingerprint density at radius 1 is 1.75 bits per heavy atom. The van der Waals surface area contributed by atoms with E-state index in [4.69, 9.17) is 5.11 Å². The molecular formula is C6H10O2. The first-order valence-electron chi connectivity index (χ1n) is 2.56. The standard InChI is InChI=1S/C6H10O2/c1-3-6(8)5(2)4-7/h4,7H,3H2,1-2H3. The summed E-state index contributed by atoms with van der Waals surface area (Å²) in [5, 5.41) is 8.25. The summed E-state index contributed by atoms with van der Waals surface area (Å²) in [5.74, 6) is -0.00694. The van der Waals surface area contributed by atoms with Crippen LogP contribution in [0, 0.1) is 0 Å². The molecule has 0 heterocycles. The van der Waals surface area contributed by atoms with Crippen molar-refractivity contribution >= 4 is 5.78 Å². The number of allylic oxidation sites excluding steroid dienone is 1. The predicted molar refractivity (Wildman–Crippen MR) is 31.7 cm³/mol. The Labute approximate surface area is 48.8 Å². The van der Waals surface area contributed by atoms with Crippen LogP contribution in [0.5, 0.6) is 0 Å². The molecule has 8 heavy (non-hydrogen) atoms. The fourth-order valence-corrected chi connectivity index (χ4v) is 0.351. The van der Waals surface area contributed by atoms with Gasteiger partial charge in [-0.25, -0.2) is 0 Å². The first-order chi connectivity index (χ1) is 3.72. The summed E-state index contributed by atoms with van der Waals surface area (Å²) in [6, 6.07) is 0. The molecule has 0 bridgehead atoms. The third-order valence-electron chi connectivity index (χ3n) is 0.955. The summed E-state index contributed by atoms with van der Waals surface area (Å²) in [6.45, 7) is 3.35. The van der Waals surface area contributed by atoms with Crippen molar-refractivity contribution in [3.8, 4) is 0 Å². The van der Waals surface area contributed by atoms with Crippen molar-refractivity contribution < 1.29 is 9.90 Å². The molecule has 2 nitrogen and oxygen atoms in total. The van der Waals surface area contributed by atoms with Crippen molar-refractivity contribution in [1.29, 1.82) is 0 Å². The second-order valence-corrected chi connectivity index (χ2v) is 1.59. The third-order valence-corrected chi connectivity index (χ3v) is 0.955. The summed E-state index contributed by atoms with van der Waals surface area (Å²) in [6.07, 6.45) is 1.30. The largest absolute Gasteiger partial charge is 0.515 e. The zero-order chi connectivity index (χ0) is 6.57. The number of Topliss-reactive ketones (excluding diaryl/α,β-unsaturated/α-hetero) is 1. The molecule has 0 amide bonds. The van der Waals surface area contributed by atoms with E-state index >= 15 is 0 Å². The lowest BCUT2D eigenvalue weighted by Crippen LogP contribution is -1.95. The number of carbonyl (C=O) groups excluding carboxylic acids is 1. The molecule has 0 aliphatic rings. The molecule has 0 atom stereocenters. The number of carbonyl (C=O) groups is 1. The minimum atomic E-state index is -0.00694. The predicted octanol–water partition coefficient (Wildman–Crippen LogP) is 1.43. The monoisotopic (exact) mass is 114 g/mol. The number of aliphatic hydroxyl groups is 1. The Kier molecular flexibility index (Phi) is 2.92. The van der Waals surface area contributed by atoms with Gasteiger partial charge in [-0.2, -0.15) is 0 Å². The lowest BCUT2D eigenvalue weighted by atomic mass is 10.2. The van der Waals surface area contributed by atoms with E-state index in [9.17, 15) is 4.79 Å². The van der Waals surface area contributed by atoms with Crippen LogP contribution >= 0.6 is 0 Å². The van der Waals surface area contributed by atoms with E-state index in [-0.39, 0.29) is 5.78 Å².